The molecule has 0 saturated carbocycles. The Labute approximate surface area is 83.5 Å². The van der Waals surface area contributed by atoms with Gasteiger partial charge in [0, 0.05) is 6.42 Å². The van der Waals surface area contributed by atoms with E-state index in [-0.39, 0.29) is 0 Å². The summed E-state index contributed by atoms with van der Waals surface area (Å²) in [6.07, 6.45) is 4.37. The predicted octanol–water partition coefficient (Wildman–Crippen LogP) is 2.53. The van der Waals surface area contributed by atoms with Crippen LogP contribution in [-0.2, 0) is 12.8 Å². The average molecular weight is 194 g/mol. The van der Waals surface area contributed by atoms with E-state index in [0.29, 0.717) is 0 Å². The molecule has 70 valence electrons. The van der Waals surface area contributed by atoms with Crippen molar-refractivity contribution in [1.82, 2.24) is 0 Å². The number of benzene rings is 1. The molecule has 0 spiro atoms. The number of fused-ring (bicyclic) bond motifs is 1. The van der Waals surface area contributed by atoms with Gasteiger partial charge in [-0.15, -0.1) is 0 Å². The first-order valence-corrected chi connectivity index (χ1v) is 6.03. The SMILES string of the molecule is CSCCc1ccc2c(c1)OCC2. The molecule has 1 aromatic carbocycles. The lowest BCUT2D eigenvalue weighted by atomic mass is 10.1. The highest BCUT2D eigenvalue weighted by Crippen LogP contribution is 2.26. The highest BCUT2D eigenvalue weighted by molar-refractivity contribution is 7.98. The minimum atomic E-state index is 0.862. The maximum atomic E-state index is 5.51. The quantitative estimate of drug-likeness (QED) is 0.731. The van der Waals surface area contributed by atoms with Crippen molar-refractivity contribution in [3.63, 3.8) is 0 Å². The van der Waals surface area contributed by atoms with Crippen LogP contribution in [0, 0.1) is 0 Å². The van der Waals surface area contributed by atoms with Crippen molar-refractivity contribution < 1.29 is 4.74 Å². The van der Waals surface area contributed by atoms with Crippen molar-refractivity contribution in [3.05, 3.63) is 29.3 Å². The van der Waals surface area contributed by atoms with E-state index in [0.717, 1.165) is 25.2 Å². The highest BCUT2D eigenvalue weighted by atomic mass is 32.2. The first kappa shape index (κ1) is 8.95. The second-order valence-electron chi connectivity index (χ2n) is 3.28. The number of ether oxygens (including phenoxy) is 1. The summed E-state index contributed by atoms with van der Waals surface area (Å²) in [6.45, 7) is 0.862. The highest BCUT2D eigenvalue weighted by Gasteiger charge is 2.11. The minimum Gasteiger partial charge on any atom is -0.493 e. The number of aryl methyl sites for hydroxylation is 1. The van der Waals surface area contributed by atoms with Gasteiger partial charge >= 0.3 is 0 Å². The Hall–Kier alpha value is -0.630. The smallest absolute Gasteiger partial charge is 0.122 e. The summed E-state index contributed by atoms with van der Waals surface area (Å²) in [6, 6.07) is 6.63. The molecule has 0 aromatic heterocycles. The summed E-state index contributed by atoms with van der Waals surface area (Å²) in [7, 11) is 0. The van der Waals surface area contributed by atoms with E-state index in [1.165, 1.54) is 16.9 Å². The zero-order chi connectivity index (χ0) is 9.10. The van der Waals surface area contributed by atoms with Crippen LogP contribution in [0.1, 0.15) is 11.1 Å². The largest absolute Gasteiger partial charge is 0.493 e. The molecule has 0 saturated heterocycles. The first-order valence-electron chi connectivity index (χ1n) is 4.63. The fraction of sp³-hybridized carbons (Fsp3) is 0.455. The monoisotopic (exact) mass is 194 g/mol. The molecule has 13 heavy (non-hydrogen) atoms. The molecule has 2 heteroatoms. The van der Waals surface area contributed by atoms with E-state index in [1.54, 1.807) is 0 Å². The summed E-state index contributed by atoms with van der Waals surface area (Å²) in [5.74, 6) is 2.30. The number of thioether (sulfide) groups is 1. The predicted molar refractivity (Wildman–Crippen MR) is 57.7 cm³/mol. The Morgan fingerprint density at radius 3 is 3.23 bits per heavy atom. The van der Waals surface area contributed by atoms with Crippen LogP contribution < -0.4 is 4.74 Å². The van der Waals surface area contributed by atoms with Gasteiger partial charge in [0.2, 0.25) is 0 Å². The Morgan fingerprint density at radius 1 is 1.46 bits per heavy atom. The minimum absolute atomic E-state index is 0.862. The third-order valence-electron chi connectivity index (χ3n) is 2.36. The molecule has 0 aliphatic carbocycles. The molecule has 2 rings (SSSR count). The molecule has 1 aliphatic heterocycles. The van der Waals surface area contributed by atoms with Crippen LogP contribution >= 0.6 is 11.8 Å². The molecular weight excluding hydrogens is 180 g/mol. The lowest BCUT2D eigenvalue weighted by Gasteiger charge is -2.02. The van der Waals surface area contributed by atoms with Crippen molar-refractivity contribution >= 4 is 11.8 Å². The van der Waals surface area contributed by atoms with Crippen LogP contribution in [-0.4, -0.2) is 18.6 Å². The molecule has 0 fully saturated rings. The van der Waals surface area contributed by atoms with Gasteiger partial charge in [-0.05, 0) is 35.6 Å². The summed E-state index contributed by atoms with van der Waals surface area (Å²) >= 11 is 1.89. The van der Waals surface area contributed by atoms with Gasteiger partial charge in [-0.25, -0.2) is 0 Å². The van der Waals surface area contributed by atoms with E-state index >= 15 is 0 Å². The topological polar surface area (TPSA) is 9.23 Å². The summed E-state index contributed by atoms with van der Waals surface area (Å²) in [5.41, 5.74) is 2.77. The molecule has 1 aliphatic rings. The zero-order valence-corrected chi connectivity index (χ0v) is 8.69. The van der Waals surface area contributed by atoms with E-state index < -0.39 is 0 Å². The fourth-order valence-electron chi connectivity index (χ4n) is 1.59. The van der Waals surface area contributed by atoms with Gasteiger partial charge in [-0.3, -0.25) is 0 Å². The van der Waals surface area contributed by atoms with E-state index in [9.17, 15) is 0 Å². The lowest BCUT2D eigenvalue weighted by molar-refractivity contribution is 0.356. The molecular formula is C11H14OS. The third kappa shape index (κ3) is 1.99. The molecule has 0 N–H and O–H groups in total. The van der Waals surface area contributed by atoms with Gasteiger partial charge in [-0.1, -0.05) is 12.1 Å². The summed E-state index contributed by atoms with van der Waals surface area (Å²) < 4.78 is 5.51. The van der Waals surface area contributed by atoms with Crippen molar-refractivity contribution in [1.29, 1.82) is 0 Å². The standard InChI is InChI=1S/C11H14OS/c1-13-7-5-9-2-3-10-4-6-12-11(10)8-9/h2-3,8H,4-7H2,1H3. The van der Waals surface area contributed by atoms with Crippen molar-refractivity contribution in [2.75, 3.05) is 18.6 Å². The average Bonchev–Trinajstić information content (AvgIpc) is 2.61. The summed E-state index contributed by atoms with van der Waals surface area (Å²) in [5, 5.41) is 0. The molecule has 0 bridgehead atoms. The van der Waals surface area contributed by atoms with Gasteiger partial charge in [0.25, 0.3) is 0 Å². The Kier molecular flexibility index (Phi) is 2.79. The summed E-state index contributed by atoms with van der Waals surface area (Å²) in [4.78, 5) is 0. The van der Waals surface area contributed by atoms with Gasteiger partial charge < -0.3 is 4.74 Å². The van der Waals surface area contributed by atoms with Crippen LogP contribution in [0.15, 0.2) is 18.2 Å². The second-order valence-corrected chi connectivity index (χ2v) is 4.27. The van der Waals surface area contributed by atoms with E-state index in [4.69, 9.17) is 4.74 Å². The maximum Gasteiger partial charge on any atom is 0.122 e. The van der Waals surface area contributed by atoms with Gasteiger partial charge in [0.15, 0.2) is 0 Å². The van der Waals surface area contributed by atoms with Crippen molar-refractivity contribution in [3.8, 4) is 5.75 Å². The van der Waals surface area contributed by atoms with Crippen molar-refractivity contribution in [2.45, 2.75) is 12.8 Å². The molecule has 1 aromatic rings. The molecule has 0 unspecified atom stereocenters. The third-order valence-corrected chi connectivity index (χ3v) is 2.97. The van der Waals surface area contributed by atoms with Gasteiger partial charge in [0.05, 0.1) is 6.61 Å². The Balaban J connectivity index is 2.12. The maximum absolute atomic E-state index is 5.51. The number of rotatable bonds is 3. The fourth-order valence-corrected chi connectivity index (χ4v) is 2.03. The van der Waals surface area contributed by atoms with Crippen LogP contribution in [0.2, 0.25) is 0 Å². The van der Waals surface area contributed by atoms with E-state index in [2.05, 4.69) is 24.5 Å². The van der Waals surface area contributed by atoms with Crippen LogP contribution in [0.3, 0.4) is 0 Å². The van der Waals surface area contributed by atoms with Gasteiger partial charge in [0.1, 0.15) is 5.75 Å². The lowest BCUT2D eigenvalue weighted by Crippen LogP contribution is -1.89. The Bertz CT molecular complexity index is 296. The van der Waals surface area contributed by atoms with Gasteiger partial charge in [-0.2, -0.15) is 11.8 Å². The molecule has 0 amide bonds. The van der Waals surface area contributed by atoms with E-state index in [1.807, 2.05) is 11.8 Å². The normalized spacial score (nSPS) is 13.9. The number of hydrogen-bond donors (Lipinski definition) is 0. The molecule has 1 nitrogen and oxygen atoms in total. The van der Waals surface area contributed by atoms with Crippen LogP contribution in [0.25, 0.3) is 0 Å². The molecule has 0 atom stereocenters. The Morgan fingerprint density at radius 2 is 2.38 bits per heavy atom. The molecule has 0 radical (unpaired) electrons. The number of hydrogen-bond acceptors (Lipinski definition) is 2. The van der Waals surface area contributed by atoms with Crippen molar-refractivity contribution in [2.24, 2.45) is 0 Å². The first-order chi connectivity index (χ1) is 6.40. The zero-order valence-electron chi connectivity index (χ0n) is 7.88. The van der Waals surface area contributed by atoms with Crippen LogP contribution in [0.4, 0.5) is 0 Å². The van der Waals surface area contributed by atoms with Crippen LogP contribution in [0.5, 0.6) is 5.75 Å². The second kappa shape index (κ2) is 4.05. The molecule has 1 heterocycles.